The zero-order chi connectivity index (χ0) is 15.2. The number of unbranched alkanes of at least 4 members (excludes halogenated alkanes) is 1. The van der Waals surface area contributed by atoms with Crippen LogP contribution in [0.2, 0.25) is 0 Å². The highest BCUT2D eigenvalue weighted by atomic mass is 32.2. The van der Waals surface area contributed by atoms with E-state index in [2.05, 4.69) is 4.74 Å². The van der Waals surface area contributed by atoms with Crippen LogP contribution in [-0.4, -0.2) is 24.4 Å². The predicted octanol–water partition coefficient (Wildman–Crippen LogP) is 3.12. The molecule has 1 aromatic rings. The Hall–Kier alpha value is -1.14. The van der Waals surface area contributed by atoms with Crippen LogP contribution in [0.15, 0.2) is 23.1 Å². The summed E-state index contributed by atoms with van der Waals surface area (Å²) in [5, 5.41) is 0. The zero-order valence-electron chi connectivity index (χ0n) is 11.6. The minimum atomic E-state index is -0.986. The zero-order valence-corrected chi connectivity index (χ0v) is 12.4. The lowest BCUT2D eigenvalue weighted by Gasteiger charge is -2.20. The van der Waals surface area contributed by atoms with Gasteiger partial charge in [0.25, 0.3) is 0 Å². The van der Waals surface area contributed by atoms with Crippen LogP contribution in [0, 0.1) is 11.6 Å². The summed E-state index contributed by atoms with van der Waals surface area (Å²) in [6.07, 6.45) is 2.02. The van der Waals surface area contributed by atoms with Gasteiger partial charge in [-0.3, -0.25) is 4.79 Å². The second-order valence-electron chi connectivity index (χ2n) is 4.79. The van der Waals surface area contributed by atoms with Crippen LogP contribution in [0.4, 0.5) is 8.78 Å². The Bertz CT molecular complexity index is 466. The van der Waals surface area contributed by atoms with E-state index in [0.717, 1.165) is 18.9 Å². The molecular weight excluding hydrogens is 284 g/mol. The van der Waals surface area contributed by atoms with Crippen LogP contribution in [0.5, 0.6) is 0 Å². The smallest absolute Gasteiger partial charge is 0.325 e. The van der Waals surface area contributed by atoms with Gasteiger partial charge in [-0.1, -0.05) is 6.42 Å². The van der Waals surface area contributed by atoms with Gasteiger partial charge in [-0.05, 0) is 37.7 Å². The van der Waals surface area contributed by atoms with E-state index in [0.29, 0.717) is 17.1 Å². The van der Waals surface area contributed by atoms with E-state index in [1.807, 2.05) is 0 Å². The SMILES string of the molecule is COC(=O)C(C)(N)CCCCSc1ccc(F)cc1F. The van der Waals surface area contributed by atoms with Gasteiger partial charge in [0.15, 0.2) is 0 Å². The fourth-order valence-electron chi connectivity index (χ4n) is 1.70. The van der Waals surface area contributed by atoms with Crippen LogP contribution in [0.1, 0.15) is 26.2 Å². The number of halogens is 2. The summed E-state index contributed by atoms with van der Waals surface area (Å²) in [5.74, 6) is -0.883. The predicted molar refractivity (Wildman–Crippen MR) is 75.5 cm³/mol. The molecule has 0 spiro atoms. The third-order valence-electron chi connectivity index (χ3n) is 2.89. The van der Waals surface area contributed by atoms with Gasteiger partial charge < -0.3 is 10.5 Å². The molecular formula is C14H19F2NO2S. The fraction of sp³-hybridized carbons (Fsp3) is 0.500. The van der Waals surface area contributed by atoms with Crippen LogP contribution < -0.4 is 5.73 Å². The molecule has 0 saturated carbocycles. The number of thioether (sulfide) groups is 1. The van der Waals surface area contributed by atoms with Gasteiger partial charge >= 0.3 is 5.97 Å². The Balaban J connectivity index is 2.30. The van der Waals surface area contributed by atoms with E-state index in [4.69, 9.17) is 5.73 Å². The molecule has 0 radical (unpaired) electrons. The van der Waals surface area contributed by atoms with Crippen LogP contribution in [-0.2, 0) is 9.53 Å². The molecule has 0 fully saturated rings. The Morgan fingerprint density at radius 2 is 2.10 bits per heavy atom. The number of carbonyl (C=O) groups excluding carboxylic acids is 1. The van der Waals surface area contributed by atoms with Gasteiger partial charge in [-0.25, -0.2) is 8.78 Å². The lowest BCUT2D eigenvalue weighted by atomic mass is 9.97. The maximum absolute atomic E-state index is 13.4. The minimum Gasteiger partial charge on any atom is -0.468 e. The first-order valence-electron chi connectivity index (χ1n) is 6.32. The summed E-state index contributed by atoms with van der Waals surface area (Å²) in [6, 6.07) is 3.53. The van der Waals surface area contributed by atoms with E-state index in [-0.39, 0.29) is 0 Å². The van der Waals surface area contributed by atoms with Crippen molar-refractivity contribution in [3.05, 3.63) is 29.8 Å². The molecule has 0 aromatic heterocycles. The van der Waals surface area contributed by atoms with Crippen molar-refractivity contribution < 1.29 is 18.3 Å². The molecule has 0 aliphatic heterocycles. The van der Waals surface area contributed by atoms with Crippen LogP contribution >= 0.6 is 11.8 Å². The molecule has 1 aromatic carbocycles. The van der Waals surface area contributed by atoms with E-state index < -0.39 is 23.1 Å². The Labute approximate surface area is 121 Å². The Morgan fingerprint density at radius 1 is 1.40 bits per heavy atom. The fourth-order valence-corrected chi connectivity index (χ4v) is 2.63. The largest absolute Gasteiger partial charge is 0.468 e. The molecule has 0 saturated heterocycles. The highest BCUT2D eigenvalue weighted by molar-refractivity contribution is 7.99. The average molecular weight is 303 g/mol. The van der Waals surface area contributed by atoms with Crippen LogP contribution in [0.25, 0.3) is 0 Å². The van der Waals surface area contributed by atoms with E-state index >= 15 is 0 Å². The second kappa shape index (κ2) is 7.59. The van der Waals surface area contributed by atoms with Crippen LogP contribution in [0.3, 0.4) is 0 Å². The van der Waals surface area contributed by atoms with Crippen molar-refractivity contribution in [2.75, 3.05) is 12.9 Å². The van der Waals surface area contributed by atoms with Crippen molar-refractivity contribution in [2.24, 2.45) is 5.73 Å². The molecule has 2 N–H and O–H groups in total. The van der Waals surface area contributed by atoms with Crippen molar-refractivity contribution >= 4 is 17.7 Å². The maximum Gasteiger partial charge on any atom is 0.325 e. The molecule has 0 amide bonds. The number of hydrogen-bond acceptors (Lipinski definition) is 4. The standard InChI is InChI=1S/C14H19F2NO2S/c1-14(17,13(18)19-2)7-3-4-8-20-12-6-5-10(15)9-11(12)16/h5-6,9H,3-4,7-8,17H2,1-2H3. The van der Waals surface area contributed by atoms with Gasteiger partial charge in [-0.15, -0.1) is 11.8 Å². The summed E-state index contributed by atoms with van der Waals surface area (Å²) >= 11 is 1.32. The molecule has 1 atom stereocenters. The number of methoxy groups -OCH3 is 1. The van der Waals surface area contributed by atoms with Gasteiger partial charge in [0, 0.05) is 11.0 Å². The van der Waals surface area contributed by atoms with E-state index in [9.17, 15) is 13.6 Å². The molecule has 0 bridgehead atoms. The molecule has 6 heteroatoms. The molecule has 3 nitrogen and oxygen atoms in total. The molecule has 1 rings (SSSR count). The average Bonchev–Trinajstić information content (AvgIpc) is 2.39. The monoisotopic (exact) mass is 303 g/mol. The summed E-state index contributed by atoms with van der Waals surface area (Å²) in [7, 11) is 1.31. The molecule has 0 aliphatic carbocycles. The quantitative estimate of drug-likeness (QED) is 0.478. The normalized spacial score (nSPS) is 13.8. The summed E-state index contributed by atoms with van der Waals surface area (Å²) in [4.78, 5) is 11.8. The maximum atomic E-state index is 13.4. The number of benzene rings is 1. The Morgan fingerprint density at radius 3 is 2.70 bits per heavy atom. The van der Waals surface area contributed by atoms with Crippen molar-refractivity contribution in [1.82, 2.24) is 0 Å². The van der Waals surface area contributed by atoms with Crippen molar-refractivity contribution in [2.45, 2.75) is 36.6 Å². The first-order valence-corrected chi connectivity index (χ1v) is 7.30. The number of rotatable bonds is 7. The molecule has 0 aliphatic rings. The van der Waals surface area contributed by atoms with E-state index in [1.54, 1.807) is 6.92 Å². The topological polar surface area (TPSA) is 52.3 Å². The molecule has 112 valence electrons. The molecule has 0 heterocycles. The van der Waals surface area contributed by atoms with E-state index in [1.165, 1.54) is 31.0 Å². The first kappa shape index (κ1) is 16.9. The molecule has 20 heavy (non-hydrogen) atoms. The third kappa shape index (κ3) is 5.09. The summed E-state index contributed by atoms with van der Waals surface area (Å²) in [5.41, 5.74) is 4.84. The van der Waals surface area contributed by atoms with Gasteiger partial charge in [-0.2, -0.15) is 0 Å². The van der Waals surface area contributed by atoms with Crippen molar-refractivity contribution in [3.8, 4) is 0 Å². The number of nitrogens with two attached hydrogens (primary N) is 1. The number of carbonyl (C=O) groups is 1. The number of ether oxygens (including phenoxy) is 1. The van der Waals surface area contributed by atoms with Gasteiger partial charge in [0.1, 0.15) is 17.2 Å². The summed E-state index contributed by atoms with van der Waals surface area (Å²) < 4.78 is 30.7. The summed E-state index contributed by atoms with van der Waals surface area (Å²) in [6.45, 7) is 1.63. The van der Waals surface area contributed by atoms with Gasteiger partial charge in [0.2, 0.25) is 0 Å². The Kier molecular flexibility index (Phi) is 6.42. The first-order chi connectivity index (χ1) is 9.36. The van der Waals surface area contributed by atoms with Crippen molar-refractivity contribution in [1.29, 1.82) is 0 Å². The number of esters is 1. The lowest BCUT2D eigenvalue weighted by molar-refractivity contribution is -0.146. The highest BCUT2D eigenvalue weighted by Gasteiger charge is 2.28. The number of hydrogen-bond donors (Lipinski definition) is 1. The molecule has 1 unspecified atom stereocenters. The van der Waals surface area contributed by atoms with Crippen molar-refractivity contribution in [3.63, 3.8) is 0 Å². The second-order valence-corrected chi connectivity index (χ2v) is 5.93. The highest BCUT2D eigenvalue weighted by Crippen LogP contribution is 2.24. The third-order valence-corrected chi connectivity index (χ3v) is 4.03. The minimum absolute atomic E-state index is 0.426. The van der Waals surface area contributed by atoms with Gasteiger partial charge in [0.05, 0.1) is 7.11 Å². The lowest BCUT2D eigenvalue weighted by Crippen LogP contribution is -2.45.